The minimum absolute atomic E-state index is 0.138. The number of alkyl halides is 2. The van der Waals surface area contributed by atoms with Gasteiger partial charge in [-0.2, -0.15) is 10.1 Å². The second kappa shape index (κ2) is 11.2. The number of esters is 1. The van der Waals surface area contributed by atoms with Crippen LogP contribution in [0.15, 0.2) is 41.5 Å². The summed E-state index contributed by atoms with van der Waals surface area (Å²) in [5.74, 6) is -0.846. The standard InChI is InChI=1S/C22H27ClFN6O8P/c1-11(2)36-19(33)12(3)29-39(34,38-13-7-5-4-6-8-13)35-9-14-16(31)22(23,24)20(37-14)30-10-26-15-17(30)27-21(25)28-18(15)32/h4-8,10-12,14,16,20,31H,9H2,1-3H3,(H,29,34)(H3,25,27,28,32)/t12-,14+,16+,20+,22+,39-/m0/s1. The Morgan fingerprint density at radius 3 is 2.74 bits per heavy atom. The molecular weight excluding hydrogens is 562 g/mol. The summed E-state index contributed by atoms with van der Waals surface area (Å²) >= 11 is 6.04. The van der Waals surface area contributed by atoms with E-state index in [1.165, 1.54) is 19.1 Å². The van der Waals surface area contributed by atoms with E-state index in [4.69, 9.17) is 35.9 Å². The maximum atomic E-state index is 15.6. The van der Waals surface area contributed by atoms with Crippen LogP contribution in [0.1, 0.15) is 27.0 Å². The lowest BCUT2D eigenvalue weighted by atomic mass is 10.1. The second-order valence-electron chi connectivity index (χ2n) is 8.96. The summed E-state index contributed by atoms with van der Waals surface area (Å²) in [6, 6.07) is 6.82. The van der Waals surface area contributed by atoms with Crippen LogP contribution < -0.4 is 20.9 Å². The van der Waals surface area contributed by atoms with Gasteiger partial charge >= 0.3 is 13.7 Å². The van der Waals surface area contributed by atoms with Crippen LogP contribution in [0.5, 0.6) is 5.75 Å². The summed E-state index contributed by atoms with van der Waals surface area (Å²) < 4.78 is 52.0. The van der Waals surface area contributed by atoms with Crippen LogP contribution in [0.3, 0.4) is 0 Å². The zero-order valence-electron chi connectivity index (χ0n) is 21.0. The minimum Gasteiger partial charge on any atom is -0.462 e. The third-order valence-electron chi connectivity index (χ3n) is 5.52. The first-order valence-corrected chi connectivity index (χ1v) is 13.6. The van der Waals surface area contributed by atoms with Gasteiger partial charge in [0, 0.05) is 0 Å². The largest absolute Gasteiger partial charge is 0.462 e. The number of para-hydroxylation sites is 1. The minimum atomic E-state index is -4.35. The number of fused-ring (bicyclic) bond motifs is 1. The maximum absolute atomic E-state index is 15.6. The maximum Gasteiger partial charge on any atom is 0.459 e. The third kappa shape index (κ3) is 6.24. The van der Waals surface area contributed by atoms with Gasteiger partial charge in [0.25, 0.3) is 10.7 Å². The SMILES string of the molecule is CC(C)OC(=O)[C@H](C)N[P@](=O)(OC[C@H]1O[C@@H](n2cnc3c(=O)[nH]c(N)nc32)[C@@](F)(Cl)[C@@H]1O)Oc1ccccc1. The molecule has 1 aliphatic heterocycles. The van der Waals surface area contributed by atoms with Crippen molar-refractivity contribution in [2.75, 3.05) is 12.3 Å². The number of halogens is 2. The number of aromatic nitrogens is 4. The van der Waals surface area contributed by atoms with E-state index in [9.17, 15) is 19.3 Å². The molecular formula is C22H27ClFN6O8P. The predicted molar refractivity (Wildman–Crippen MR) is 137 cm³/mol. The number of ether oxygens (including phenoxy) is 2. The van der Waals surface area contributed by atoms with Crippen LogP contribution in [-0.2, 0) is 23.4 Å². The molecule has 1 aromatic carbocycles. The average molecular weight is 589 g/mol. The Morgan fingerprint density at radius 1 is 1.38 bits per heavy atom. The Bertz CT molecular complexity index is 1440. The van der Waals surface area contributed by atoms with Crippen LogP contribution in [0.2, 0.25) is 0 Å². The summed E-state index contributed by atoms with van der Waals surface area (Å²) in [6.07, 6.45) is -4.60. The van der Waals surface area contributed by atoms with E-state index in [0.717, 1.165) is 10.9 Å². The van der Waals surface area contributed by atoms with Gasteiger partial charge < -0.3 is 24.8 Å². The first kappa shape index (κ1) is 28.9. The summed E-state index contributed by atoms with van der Waals surface area (Å²) in [6.45, 7) is 3.99. The molecule has 0 bridgehead atoms. The van der Waals surface area contributed by atoms with E-state index in [1.807, 2.05) is 0 Å². The monoisotopic (exact) mass is 588 g/mol. The Kier molecular flexibility index (Phi) is 8.30. The normalized spacial score (nSPS) is 25.5. The molecule has 39 heavy (non-hydrogen) atoms. The van der Waals surface area contributed by atoms with Crippen molar-refractivity contribution in [2.45, 2.75) is 56.5 Å². The number of aliphatic hydroxyl groups is 1. The van der Waals surface area contributed by atoms with Gasteiger partial charge in [-0.15, -0.1) is 0 Å². The van der Waals surface area contributed by atoms with Crippen LogP contribution in [-0.4, -0.2) is 66.7 Å². The van der Waals surface area contributed by atoms with Gasteiger partial charge in [-0.3, -0.25) is 23.7 Å². The number of carbonyl (C=O) groups excluding carboxylic acids is 1. The van der Waals surface area contributed by atoms with Crippen molar-refractivity contribution >= 4 is 42.4 Å². The highest BCUT2D eigenvalue weighted by atomic mass is 35.5. The van der Waals surface area contributed by atoms with Crippen LogP contribution in [0.4, 0.5) is 10.3 Å². The molecule has 0 saturated carbocycles. The van der Waals surface area contributed by atoms with E-state index in [2.05, 4.69) is 20.0 Å². The molecule has 3 heterocycles. The lowest BCUT2D eigenvalue weighted by Crippen LogP contribution is -2.40. The second-order valence-corrected chi connectivity index (χ2v) is 11.2. The number of nitrogens with two attached hydrogens (primary N) is 1. The van der Waals surface area contributed by atoms with Gasteiger partial charge in [0.1, 0.15) is 24.0 Å². The number of H-pyrrole nitrogens is 1. The third-order valence-corrected chi connectivity index (χ3v) is 7.57. The van der Waals surface area contributed by atoms with Crippen molar-refractivity contribution in [3.8, 4) is 5.75 Å². The number of nitrogen functional groups attached to an aromatic ring is 1. The number of hydrogen-bond donors (Lipinski definition) is 4. The molecule has 17 heteroatoms. The molecule has 212 valence electrons. The molecule has 5 N–H and O–H groups in total. The molecule has 0 aliphatic carbocycles. The number of carbonyl (C=O) groups is 1. The topological polar surface area (TPSA) is 193 Å². The molecule has 3 aromatic rings. The first-order chi connectivity index (χ1) is 18.3. The number of nitrogens with one attached hydrogen (secondary N) is 2. The quantitative estimate of drug-likeness (QED) is 0.153. The van der Waals surface area contributed by atoms with Crippen molar-refractivity contribution in [2.24, 2.45) is 0 Å². The molecule has 14 nitrogen and oxygen atoms in total. The zero-order chi connectivity index (χ0) is 28.5. The number of hydrogen-bond acceptors (Lipinski definition) is 11. The molecule has 0 spiro atoms. The molecule has 2 aromatic heterocycles. The number of rotatable bonds is 10. The van der Waals surface area contributed by atoms with Gasteiger partial charge in [-0.25, -0.2) is 13.9 Å². The molecule has 4 rings (SSSR count). The Morgan fingerprint density at radius 2 is 2.08 bits per heavy atom. The number of nitrogens with zero attached hydrogens (tertiary/aromatic N) is 3. The van der Waals surface area contributed by atoms with Crippen LogP contribution in [0, 0.1) is 0 Å². The number of imidazole rings is 1. The fourth-order valence-electron chi connectivity index (χ4n) is 3.73. The summed E-state index contributed by atoms with van der Waals surface area (Å²) in [5.41, 5.74) is 4.60. The molecule has 1 fully saturated rings. The fourth-order valence-corrected chi connectivity index (χ4v) is 5.53. The number of benzene rings is 1. The Balaban J connectivity index is 1.56. The Labute approximate surface area is 226 Å². The number of aliphatic hydroxyl groups excluding tert-OH is 1. The van der Waals surface area contributed by atoms with Crippen LogP contribution >= 0.6 is 19.3 Å². The van der Waals surface area contributed by atoms with Crippen molar-refractivity contribution in [1.82, 2.24) is 24.6 Å². The summed E-state index contributed by atoms with van der Waals surface area (Å²) in [4.78, 5) is 34.5. The van der Waals surface area contributed by atoms with Crippen molar-refractivity contribution in [3.63, 3.8) is 0 Å². The van der Waals surface area contributed by atoms with E-state index >= 15 is 4.39 Å². The smallest absolute Gasteiger partial charge is 0.459 e. The lowest BCUT2D eigenvalue weighted by Gasteiger charge is -2.25. The molecule has 6 atom stereocenters. The predicted octanol–water partition coefficient (Wildman–Crippen LogP) is 2.00. The van der Waals surface area contributed by atoms with Gasteiger partial charge in [0.2, 0.25) is 5.95 Å². The summed E-state index contributed by atoms with van der Waals surface area (Å²) in [5, 5.41) is 10.2. The van der Waals surface area contributed by atoms with Gasteiger partial charge in [0.15, 0.2) is 17.4 Å². The number of aromatic amines is 1. The van der Waals surface area contributed by atoms with Crippen molar-refractivity contribution < 1.29 is 37.4 Å². The van der Waals surface area contributed by atoms with Crippen molar-refractivity contribution in [3.05, 3.63) is 47.0 Å². The van der Waals surface area contributed by atoms with E-state index in [0.29, 0.717) is 0 Å². The van der Waals surface area contributed by atoms with E-state index in [-0.39, 0.29) is 22.9 Å². The summed E-state index contributed by atoms with van der Waals surface area (Å²) in [7, 11) is -4.35. The molecule has 0 amide bonds. The van der Waals surface area contributed by atoms with Gasteiger partial charge in [-0.1, -0.05) is 29.8 Å². The van der Waals surface area contributed by atoms with Gasteiger partial charge in [-0.05, 0) is 32.9 Å². The first-order valence-electron chi connectivity index (χ1n) is 11.7. The number of anilines is 1. The highest BCUT2D eigenvalue weighted by molar-refractivity contribution is 7.52. The highest BCUT2D eigenvalue weighted by Gasteiger charge is 2.58. The van der Waals surface area contributed by atoms with E-state index < -0.39 is 61.6 Å². The average Bonchev–Trinajstić information content (AvgIpc) is 3.36. The molecule has 1 aliphatic rings. The Hall–Kier alpha value is -3.07. The zero-order valence-corrected chi connectivity index (χ0v) is 22.6. The van der Waals surface area contributed by atoms with Crippen LogP contribution in [0.25, 0.3) is 11.2 Å². The lowest BCUT2D eigenvalue weighted by molar-refractivity contribution is -0.149. The molecule has 0 unspecified atom stereocenters. The highest BCUT2D eigenvalue weighted by Crippen LogP contribution is 2.49. The fraction of sp³-hybridized carbons (Fsp3) is 0.455. The molecule has 1 saturated heterocycles. The molecule has 0 radical (unpaired) electrons. The van der Waals surface area contributed by atoms with Gasteiger partial charge in [0.05, 0.1) is 19.0 Å². The van der Waals surface area contributed by atoms with Crippen molar-refractivity contribution in [1.29, 1.82) is 0 Å². The van der Waals surface area contributed by atoms with E-state index in [1.54, 1.807) is 32.0 Å².